The minimum Gasteiger partial charge on any atom is -0.389 e. The van der Waals surface area contributed by atoms with Gasteiger partial charge in [-0.15, -0.1) is 0 Å². The second-order valence-corrected chi connectivity index (χ2v) is 7.17. The quantitative estimate of drug-likeness (QED) is 0.835. The van der Waals surface area contributed by atoms with Gasteiger partial charge < -0.3 is 11.1 Å². The van der Waals surface area contributed by atoms with Gasteiger partial charge in [-0.05, 0) is 47.8 Å². The number of nitrogens with one attached hydrogen (secondary N) is 1. The van der Waals surface area contributed by atoms with Crippen LogP contribution in [0, 0.1) is 5.92 Å². The highest BCUT2D eigenvalue weighted by Gasteiger charge is 2.14. The molecule has 1 aliphatic rings. The maximum Gasteiger partial charge on any atom is 0.104 e. The number of hydrogen-bond acceptors (Lipinski definition) is 3. The van der Waals surface area contributed by atoms with Crippen LogP contribution < -0.4 is 11.1 Å². The number of rotatable bonds is 4. The molecule has 110 valence electrons. The molecule has 1 heterocycles. The Kier molecular flexibility index (Phi) is 4.66. The van der Waals surface area contributed by atoms with E-state index >= 15 is 0 Å². The highest BCUT2D eigenvalue weighted by atomic mass is 32.2. The van der Waals surface area contributed by atoms with Gasteiger partial charge in [-0.2, -0.15) is 11.8 Å². The van der Waals surface area contributed by atoms with Crippen molar-refractivity contribution in [3.63, 3.8) is 0 Å². The molecule has 1 aliphatic heterocycles. The Balaban J connectivity index is 1.85. The molecule has 0 unspecified atom stereocenters. The van der Waals surface area contributed by atoms with Gasteiger partial charge in [0.25, 0.3) is 0 Å². The molecule has 2 aromatic rings. The molecule has 0 radical (unpaired) electrons. The summed E-state index contributed by atoms with van der Waals surface area (Å²) in [5, 5.41) is 5.97. The summed E-state index contributed by atoms with van der Waals surface area (Å²) in [4.78, 5) is 0.460. The van der Waals surface area contributed by atoms with Gasteiger partial charge in [-0.3, -0.25) is 0 Å². The van der Waals surface area contributed by atoms with Crippen molar-refractivity contribution in [3.05, 3.63) is 42.0 Å². The van der Waals surface area contributed by atoms with Crippen LogP contribution in [0.4, 0.5) is 5.69 Å². The van der Waals surface area contributed by atoms with Crippen molar-refractivity contribution in [2.24, 2.45) is 11.7 Å². The van der Waals surface area contributed by atoms with E-state index in [0.717, 1.165) is 23.4 Å². The zero-order valence-electron chi connectivity index (χ0n) is 12.0. The maximum atomic E-state index is 5.83. The summed E-state index contributed by atoms with van der Waals surface area (Å²) in [6.45, 7) is 1.05. The molecule has 0 amide bonds. The topological polar surface area (TPSA) is 38.0 Å². The zero-order valence-corrected chi connectivity index (χ0v) is 13.6. The van der Waals surface area contributed by atoms with Gasteiger partial charge in [0.1, 0.15) is 4.99 Å². The lowest BCUT2D eigenvalue weighted by Gasteiger charge is -2.22. The first-order valence-corrected chi connectivity index (χ1v) is 8.95. The SMILES string of the molecule is NC(=S)c1ccc(NCC2CCSCC2)c2ccccc12. The Hall–Kier alpha value is -1.26. The fourth-order valence-corrected chi connectivity index (χ4v) is 4.26. The van der Waals surface area contributed by atoms with Crippen LogP contribution in [-0.2, 0) is 0 Å². The standard InChI is InChI=1S/C17H20N2S2/c18-17(20)15-5-6-16(14-4-2-1-3-13(14)15)19-11-12-7-9-21-10-8-12/h1-6,12,19H,7-11H2,(H2,18,20). The van der Waals surface area contributed by atoms with E-state index in [9.17, 15) is 0 Å². The molecule has 4 heteroatoms. The largest absolute Gasteiger partial charge is 0.389 e. The minimum absolute atomic E-state index is 0.460. The van der Waals surface area contributed by atoms with E-state index in [2.05, 4.69) is 41.3 Å². The first kappa shape index (κ1) is 14.7. The first-order valence-electron chi connectivity index (χ1n) is 7.39. The van der Waals surface area contributed by atoms with Crippen molar-refractivity contribution in [1.29, 1.82) is 0 Å². The van der Waals surface area contributed by atoms with E-state index in [1.165, 1.54) is 35.4 Å². The number of hydrogen-bond donors (Lipinski definition) is 2. The summed E-state index contributed by atoms with van der Waals surface area (Å²) in [6, 6.07) is 12.5. The molecule has 21 heavy (non-hydrogen) atoms. The van der Waals surface area contributed by atoms with E-state index in [0.29, 0.717) is 4.99 Å². The molecule has 2 aromatic carbocycles. The highest BCUT2D eigenvalue weighted by Crippen LogP contribution is 2.28. The molecular formula is C17H20N2S2. The average molecular weight is 316 g/mol. The van der Waals surface area contributed by atoms with E-state index < -0.39 is 0 Å². The van der Waals surface area contributed by atoms with Crippen LogP contribution in [0.3, 0.4) is 0 Å². The summed E-state index contributed by atoms with van der Waals surface area (Å²) < 4.78 is 0. The smallest absolute Gasteiger partial charge is 0.104 e. The molecule has 3 rings (SSSR count). The third-order valence-electron chi connectivity index (χ3n) is 4.11. The summed E-state index contributed by atoms with van der Waals surface area (Å²) in [5.41, 5.74) is 7.97. The van der Waals surface area contributed by atoms with Gasteiger partial charge in [-0.1, -0.05) is 36.5 Å². The Labute approximate surface area is 135 Å². The summed E-state index contributed by atoms with van der Waals surface area (Å²) >= 11 is 7.23. The molecule has 0 saturated carbocycles. The van der Waals surface area contributed by atoms with Crippen molar-refractivity contribution in [2.45, 2.75) is 12.8 Å². The highest BCUT2D eigenvalue weighted by molar-refractivity contribution is 7.99. The fourth-order valence-electron chi connectivity index (χ4n) is 2.87. The molecule has 0 spiro atoms. The van der Waals surface area contributed by atoms with E-state index in [1.807, 2.05) is 12.1 Å². The third kappa shape index (κ3) is 3.33. The summed E-state index contributed by atoms with van der Waals surface area (Å²) in [5.74, 6) is 3.39. The van der Waals surface area contributed by atoms with Gasteiger partial charge in [0, 0.05) is 23.2 Å². The van der Waals surface area contributed by atoms with Crippen LogP contribution in [-0.4, -0.2) is 23.0 Å². The van der Waals surface area contributed by atoms with Crippen molar-refractivity contribution in [1.82, 2.24) is 0 Å². The lowest BCUT2D eigenvalue weighted by molar-refractivity contribution is 0.516. The van der Waals surface area contributed by atoms with Crippen molar-refractivity contribution < 1.29 is 0 Å². The Morgan fingerprint density at radius 2 is 1.86 bits per heavy atom. The Morgan fingerprint density at radius 1 is 1.14 bits per heavy atom. The number of thiocarbonyl (C=S) groups is 1. The lowest BCUT2D eigenvalue weighted by Crippen LogP contribution is -2.19. The van der Waals surface area contributed by atoms with Crippen LogP contribution >= 0.6 is 24.0 Å². The molecule has 1 fully saturated rings. The number of nitrogens with two attached hydrogens (primary N) is 1. The van der Waals surface area contributed by atoms with E-state index in [-0.39, 0.29) is 0 Å². The van der Waals surface area contributed by atoms with E-state index in [4.69, 9.17) is 18.0 Å². The number of thioether (sulfide) groups is 1. The minimum atomic E-state index is 0.460. The predicted octanol–water partition coefficient (Wildman–Crippen LogP) is 4.03. The monoisotopic (exact) mass is 316 g/mol. The van der Waals surface area contributed by atoms with Crippen LogP contribution in [0.2, 0.25) is 0 Å². The van der Waals surface area contributed by atoms with Gasteiger partial charge in [-0.25, -0.2) is 0 Å². The normalized spacial score (nSPS) is 16.0. The van der Waals surface area contributed by atoms with Crippen molar-refractivity contribution >= 4 is 45.4 Å². The van der Waals surface area contributed by atoms with Gasteiger partial charge in [0.05, 0.1) is 0 Å². The van der Waals surface area contributed by atoms with Crippen LogP contribution in [0.25, 0.3) is 10.8 Å². The number of benzene rings is 2. The van der Waals surface area contributed by atoms with Crippen LogP contribution in [0.5, 0.6) is 0 Å². The fraction of sp³-hybridized carbons (Fsp3) is 0.353. The average Bonchev–Trinajstić information content (AvgIpc) is 2.53. The molecule has 0 bridgehead atoms. The van der Waals surface area contributed by atoms with Crippen LogP contribution in [0.15, 0.2) is 36.4 Å². The van der Waals surface area contributed by atoms with Gasteiger partial charge in [0.2, 0.25) is 0 Å². The van der Waals surface area contributed by atoms with Gasteiger partial charge in [0.15, 0.2) is 0 Å². The Bertz CT molecular complexity index is 648. The molecule has 2 nitrogen and oxygen atoms in total. The van der Waals surface area contributed by atoms with E-state index in [1.54, 1.807) is 0 Å². The summed E-state index contributed by atoms with van der Waals surface area (Å²) in [7, 11) is 0. The lowest BCUT2D eigenvalue weighted by atomic mass is 10.0. The molecule has 0 aliphatic carbocycles. The van der Waals surface area contributed by atoms with Gasteiger partial charge >= 0.3 is 0 Å². The van der Waals surface area contributed by atoms with Crippen LogP contribution in [0.1, 0.15) is 18.4 Å². The zero-order chi connectivity index (χ0) is 14.7. The molecule has 0 aromatic heterocycles. The molecule has 0 atom stereocenters. The number of fused-ring (bicyclic) bond motifs is 1. The molecular weight excluding hydrogens is 296 g/mol. The maximum absolute atomic E-state index is 5.83. The second-order valence-electron chi connectivity index (χ2n) is 5.51. The van der Waals surface area contributed by atoms with Crippen molar-refractivity contribution in [3.8, 4) is 0 Å². The molecule has 1 saturated heterocycles. The number of anilines is 1. The third-order valence-corrected chi connectivity index (χ3v) is 5.38. The first-order chi connectivity index (χ1) is 10.3. The second kappa shape index (κ2) is 6.67. The Morgan fingerprint density at radius 3 is 2.57 bits per heavy atom. The molecule has 3 N–H and O–H groups in total. The summed E-state index contributed by atoms with van der Waals surface area (Å²) in [6.07, 6.45) is 2.64. The predicted molar refractivity (Wildman–Crippen MR) is 98.4 cm³/mol. The van der Waals surface area contributed by atoms with Crippen molar-refractivity contribution in [2.75, 3.05) is 23.4 Å².